The Balaban J connectivity index is 1.75. The third-order valence-corrected chi connectivity index (χ3v) is 3.44. The lowest BCUT2D eigenvalue weighted by molar-refractivity contribution is -0.139. The monoisotopic (exact) mass is 296 g/mol. The van der Waals surface area contributed by atoms with Gasteiger partial charge in [0, 0.05) is 17.0 Å². The van der Waals surface area contributed by atoms with Crippen molar-refractivity contribution >= 4 is 16.9 Å². The highest BCUT2D eigenvalue weighted by molar-refractivity contribution is 5.86. The molecule has 4 nitrogen and oxygen atoms in total. The van der Waals surface area contributed by atoms with Gasteiger partial charge in [-0.3, -0.25) is 4.79 Å². The molecule has 0 atom stereocenters. The Kier molecular flexibility index (Phi) is 4.10. The van der Waals surface area contributed by atoms with Gasteiger partial charge in [0.15, 0.2) is 0 Å². The zero-order chi connectivity index (χ0) is 15.4. The molecule has 0 bridgehead atoms. The van der Waals surface area contributed by atoms with Crippen LogP contribution in [0, 0.1) is 0 Å². The molecular weight excluding hydrogens is 280 g/mol. The Morgan fingerprint density at radius 2 is 1.95 bits per heavy atom. The van der Waals surface area contributed by atoms with Crippen molar-refractivity contribution in [2.45, 2.75) is 13.0 Å². The van der Waals surface area contributed by atoms with Gasteiger partial charge in [-0.05, 0) is 17.7 Å². The van der Waals surface area contributed by atoms with Gasteiger partial charge in [0.2, 0.25) is 0 Å². The van der Waals surface area contributed by atoms with Gasteiger partial charge in [0.25, 0.3) is 0 Å². The Bertz CT molecular complexity index is 774. The largest absolute Gasteiger partial charge is 0.489 e. The van der Waals surface area contributed by atoms with E-state index in [1.165, 1.54) is 7.11 Å². The minimum Gasteiger partial charge on any atom is -0.489 e. The Morgan fingerprint density at radius 1 is 1.14 bits per heavy atom. The second kappa shape index (κ2) is 6.35. The van der Waals surface area contributed by atoms with Crippen LogP contribution in [0.5, 0.6) is 5.75 Å². The molecule has 0 saturated carbocycles. The number of esters is 1. The summed E-state index contributed by atoms with van der Waals surface area (Å²) in [5.41, 5.74) is 2.62. The third-order valence-electron chi connectivity index (χ3n) is 3.44. The molecular formula is C18H16O4. The fourth-order valence-corrected chi connectivity index (χ4v) is 2.26. The summed E-state index contributed by atoms with van der Waals surface area (Å²) in [4.78, 5) is 11.4. The summed E-state index contributed by atoms with van der Waals surface area (Å²) in [5.74, 6) is 0.447. The van der Waals surface area contributed by atoms with E-state index in [2.05, 4.69) is 4.74 Å². The van der Waals surface area contributed by atoms with Gasteiger partial charge in [-0.15, -0.1) is 0 Å². The summed E-state index contributed by atoms with van der Waals surface area (Å²) >= 11 is 0. The van der Waals surface area contributed by atoms with Gasteiger partial charge in [0.1, 0.15) is 17.9 Å². The molecule has 3 rings (SSSR count). The number of ether oxygens (including phenoxy) is 2. The highest BCUT2D eigenvalue weighted by Gasteiger charge is 2.11. The van der Waals surface area contributed by atoms with Crippen LogP contribution in [0.1, 0.15) is 11.1 Å². The Hall–Kier alpha value is -2.75. The number of carbonyl (C=O) groups is 1. The number of methoxy groups -OCH3 is 1. The van der Waals surface area contributed by atoms with Gasteiger partial charge in [0.05, 0.1) is 19.8 Å². The van der Waals surface area contributed by atoms with E-state index in [9.17, 15) is 4.79 Å². The van der Waals surface area contributed by atoms with E-state index in [4.69, 9.17) is 9.15 Å². The van der Waals surface area contributed by atoms with Gasteiger partial charge >= 0.3 is 5.97 Å². The quantitative estimate of drug-likeness (QED) is 0.673. The Morgan fingerprint density at radius 3 is 2.73 bits per heavy atom. The average molecular weight is 296 g/mol. The van der Waals surface area contributed by atoms with Crippen molar-refractivity contribution in [1.82, 2.24) is 0 Å². The normalized spacial score (nSPS) is 10.6. The van der Waals surface area contributed by atoms with Crippen LogP contribution in [0.15, 0.2) is 59.2 Å². The molecule has 1 aromatic heterocycles. The number of carbonyl (C=O) groups excluding carboxylic acids is 1. The molecule has 2 aromatic carbocycles. The smallest absolute Gasteiger partial charge is 0.310 e. The maximum atomic E-state index is 11.4. The standard InChI is InChI=1S/C18H16O4/c1-20-18(19)9-14-12-22-17-10-15(7-8-16(14)17)21-11-13-5-3-2-4-6-13/h2-8,10,12H,9,11H2,1H3. The van der Waals surface area contributed by atoms with Crippen molar-refractivity contribution in [1.29, 1.82) is 0 Å². The minimum absolute atomic E-state index is 0.202. The van der Waals surface area contributed by atoms with E-state index in [1.54, 1.807) is 6.26 Å². The van der Waals surface area contributed by atoms with Crippen LogP contribution in [0.3, 0.4) is 0 Å². The average Bonchev–Trinajstić information content (AvgIpc) is 2.96. The Labute approximate surface area is 128 Å². The topological polar surface area (TPSA) is 48.7 Å². The SMILES string of the molecule is COC(=O)Cc1coc2cc(OCc3ccccc3)ccc12. The first kappa shape index (κ1) is 14.2. The van der Waals surface area contributed by atoms with Crippen molar-refractivity contribution in [2.75, 3.05) is 7.11 Å². The van der Waals surface area contributed by atoms with Gasteiger partial charge < -0.3 is 13.9 Å². The molecule has 0 radical (unpaired) electrons. The molecule has 4 heteroatoms. The minimum atomic E-state index is -0.285. The molecule has 0 fully saturated rings. The van der Waals surface area contributed by atoms with E-state index in [0.717, 1.165) is 22.3 Å². The summed E-state index contributed by atoms with van der Waals surface area (Å²) in [6.45, 7) is 0.502. The van der Waals surface area contributed by atoms with Crippen molar-refractivity contribution in [3.63, 3.8) is 0 Å². The van der Waals surface area contributed by atoms with Crippen LogP contribution in [0.4, 0.5) is 0 Å². The van der Waals surface area contributed by atoms with E-state index in [-0.39, 0.29) is 12.4 Å². The third kappa shape index (κ3) is 3.11. The van der Waals surface area contributed by atoms with Crippen LogP contribution in [-0.2, 0) is 22.6 Å². The maximum Gasteiger partial charge on any atom is 0.310 e. The highest BCUT2D eigenvalue weighted by atomic mass is 16.5. The molecule has 0 saturated heterocycles. The fourth-order valence-electron chi connectivity index (χ4n) is 2.26. The summed E-state index contributed by atoms with van der Waals surface area (Å²) in [6, 6.07) is 15.6. The van der Waals surface area contributed by atoms with E-state index in [0.29, 0.717) is 12.2 Å². The molecule has 3 aromatic rings. The van der Waals surface area contributed by atoms with Crippen molar-refractivity contribution in [3.05, 3.63) is 65.9 Å². The molecule has 22 heavy (non-hydrogen) atoms. The maximum absolute atomic E-state index is 11.4. The van der Waals surface area contributed by atoms with E-state index < -0.39 is 0 Å². The first-order valence-corrected chi connectivity index (χ1v) is 7.00. The number of hydrogen-bond acceptors (Lipinski definition) is 4. The van der Waals surface area contributed by atoms with Gasteiger partial charge in [-0.2, -0.15) is 0 Å². The lowest BCUT2D eigenvalue weighted by Crippen LogP contribution is -2.03. The van der Waals surface area contributed by atoms with Crippen molar-refractivity contribution in [3.8, 4) is 5.75 Å². The second-order valence-electron chi connectivity index (χ2n) is 4.95. The number of fused-ring (bicyclic) bond motifs is 1. The number of rotatable bonds is 5. The van der Waals surface area contributed by atoms with Crippen LogP contribution < -0.4 is 4.74 Å². The van der Waals surface area contributed by atoms with Gasteiger partial charge in [-0.25, -0.2) is 0 Å². The van der Waals surface area contributed by atoms with Crippen molar-refractivity contribution < 1.29 is 18.7 Å². The summed E-state index contributed by atoms with van der Waals surface area (Å²) in [7, 11) is 1.38. The predicted molar refractivity (Wildman–Crippen MR) is 82.7 cm³/mol. The van der Waals surface area contributed by atoms with Crippen molar-refractivity contribution in [2.24, 2.45) is 0 Å². The second-order valence-corrected chi connectivity index (χ2v) is 4.95. The molecule has 0 aliphatic heterocycles. The lowest BCUT2D eigenvalue weighted by Gasteiger charge is -2.06. The number of hydrogen-bond donors (Lipinski definition) is 0. The van der Waals surface area contributed by atoms with Crippen LogP contribution in [-0.4, -0.2) is 13.1 Å². The summed E-state index contributed by atoms with van der Waals surface area (Å²) < 4.78 is 15.9. The highest BCUT2D eigenvalue weighted by Crippen LogP contribution is 2.26. The van der Waals surface area contributed by atoms with Gasteiger partial charge in [-0.1, -0.05) is 30.3 Å². The molecule has 0 amide bonds. The molecule has 0 aliphatic carbocycles. The summed E-state index contributed by atoms with van der Waals surface area (Å²) in [6.07, 6.45) is 1.79. The number of furan rings is 1. The van der Waals surface area contributed by atoms with Crippen LogP contribution in [0.25, 0.3) is 11.0 Å². The summed E-state index contributed by atoms with van der Waals surface area (Å²) in [5, 5.41) is 0.900. The molecule has 112 valence electrons. The molecule has 1 heterocycles. The molecule has 0 unspecified atom stereocenters. The lowest BCUT2D eigenvalue weighted by atomic mass is 10.1. The molecule has 0 aliphatic rings. The van der Waals surface area contributed by atoms with E-state index >= 15 is 0 Å². The molecule has 0 spiro atoms. The zero-order valence-corrected chi connectivity index (χ0v) is 12.2. The zero-order valence-electron chi connectivity index (χ0n) is 12.2. The number of benzene rings is 2. The van der Waals surface area contributed by atoms with Crippen LogP contribution >= 0.6 is 0 Å². The van der Waals surface area contributed by atoms with E-state index in [1.807, 2.05) is 48.5 Å². The van der Waals surface area contributed by atoms with Crippen LogP contribution in [0.2, 0.25) is 0 Å². The predicted octanol–water partition coefficient (Wildman–Crippen LogP) is 3.73. The first-order valence-electron chi connectivity index (χ1n) is 7.00. The first-order chi connectivity index (χ1) is 10.8. The fraction of sp³-hybridized carbons (Fsp3) is 0.167. The molecule has 0 N–H and O–H groups in total.